The molecule has 0 aliphatic rings. The average molecular weight is 250 g/mol. The third kappa shape index (κ3) is 2.79. The first kappa shape index (κ1) is 12.0. The Labute approximate surface area is 104 Å². The summed E-state index contributed by atoms with van der Waals surface area (Å²) in [6, 6.07) is 6.75. The van der Waals surface area contributed by atoms with Gasteiger partial charge in [0, 0.05) is 17.2 Å². The SMILES string of the molecule is CSCC(C)c1nc(-c2ccc(O)cc2)no1. The molecule has 0 amide bonds. The zero-order valence-electron chi connectivity index (χ0n) is 9.75. The van der Waals surface area contributed by atoms with Gasteiger partial charge >= 0.3 is 0 Å². The van der Waals surface area contributed by atoms with Crippen molar-refractivity contribution in [2.45, 2.75) is 12.8 Å². The number of phenols is 1. The van der Waals surface area contributed by atoms with Crippen LogP contribution in [0.3, 0.4) is 0 Å². The molecule has 2 aromatic rings. The molecule has 0 fully saturated rings. The van der Waals surface area contributed by atoms with Crippen molar-refractivity contribution >= 4 is 11.8 Å². The number of rotatable bonds is 4. The number of hydrogen-bond acceptors (Lipinski definition) is 5. The van der Waals surface area contributed by atoms with Gasteiger partial charge in [0.25, 0.3) is 0 Å². The van der Waals surface area contributed by atoms with Gasteiger partial charge in [-0.05, 0) is 30.5 Å². The van der Waals surface area contributed by atoms with E-state index in [1.807, 2.05) is 6.26 Å². The lowest BCUT2D eigenvalue weighted by Gasteiger charge is -2.01. The van der Waals surface area contributed by atoms with Crippen LogP contribution in [0, 0.1) is 0 Å². The summed E-state index contributed by atoms with van der Waals surface area (Å²) in [4.78, 5) is 4.36. The van der Waals surface area contributed by atoms with Crippen LogP contribution in [0.4, 0.5) is 0 Å². The van der Waals surface area contributed by atoms with E-state index in [1.54, 1.807) is 36.0 Å². The topological polar surface area (TPSA) is 59.2 Å². The summed E-state index contributed by atoms with van der Waals surface area (Å²) < 4.78 is 5.23. The number of hydrogen-bond donors (Lipinski definition) is 1. The highest BCUT2D eigenvalue weighted by Gasteiger charge is 2.14. The van der Waals surface area contributed by atoms with Crippen molar-refractivity contribution in [1.82, 2.24) is 10.1 Å². The van der Waals surface area contributed by atoms with Crippen molar-refractivity contribution < 1.29 is 9.63 Å². The molecule has 0 saturated heterocycles. The minimum atomic E-state index is 0.230. The van der Waals surface area contributed by atoms with E-state index in [1.165, 1.54) is 0 Å². The van der Waals surface area contributed by atoms with Gasteiger partial charge in [-0.15, -0.1) is 0 Å². The Morgan fingerprint density at radius 1 is 1.35 bits per heavy atom. The van der Waals surface area contributed by atoms with E-state index in [4.69, 9.17) is 4.52 Å². The predicted molar refractivity (Wildman–Crippen MR) is 68.2 cm³/mol. The van der Waals surface area contributed by atoms with Gasteiger partial charge in [0.05, 0.1) is 0 Å². The molecular formula is C12H14N2O2S. The Morgan fingerprint density at radius 3 is 2.71 bits per heavy atom. The van der Waals surface area contributed by atoms with Crippen LogP contribution in [0.25, 0.3) is 11.4 Å². The van der Waals surface area contributed by atoms with Gasteiger partial charge in [-0.1, -0.05) is 12.1 Å². The highest BCUT2D eigenvalue weighted by atomic mass is 32.2. The number of phenolic OH excluding ortho intramolecular Hbond substituents is 1. The first-order valence-corrected chi connectivity index (χ1v) is 6.72. The molecular weight excluding hydrogens is 236 g/mol. The van der Waals surface area contributed by atoms with E-state index in [2.05, 4.69) is 17.1 Å². The summed E-state index contributed by atoms with van der Waals surface area (Å²) in [6.07, 6.45) is 2.05. The molecule has 90 valence electrons. The highest BCUT2D eigenvalue weighted by Crippen LogP contribution is 2.22. The maximum Gasteiger partial charge on any atom is 0.230 e. The van der Waals surface area contributed by atoms with E-state index in [9.17, 15) is 5.11 Å². The molecule has 5 heteroatoms. The third-order valence-corrected chi connectivity index (χ3v) is 3.24. The molecule has 4 nitrogen and oxygen atoms in total. The van der Waals surface area contributed by atoms with Gasteiger partial charge in [0.1, 0.15) is 5.75 Å². The molecule has 0 aliphatic carbocycles. The number of nitrogens with zero attached hydrogens (tertiary/aromatic N) is 2. The van der Waals surface area contributed by atoms with Crippen molar-refractivity contribution in [1.29, 1.82) is 0 Å². The van der Waals surface area contributed by atoms with Crippen LogP contribution in [-0.4, -0.2) is 27.3 Å². The molecule has 2 rings (SSSR count). The highest BCUT2D eigenvalue weighted by molar-refractivity contribution is 7.98. The molecule has 0 bridgehead atoms. The van der Waals surface area contributed by atoms with Gasteiger partial charge in [0.2, 0.25) is 11.7 Å². The number of aromatic nitrogens is 2. The lowest BCUT2D eigenvalue weighted by atomic mass is 10.2. The number of thioether (sulfide) groups is 1. The molecule has 1 heterocycles. The summed E-state index contributed by atoms with van der Waals surface area (Å²) in [7, 11) is 0. The smallest absolute Gasteiger partial charge is 0.230 e. The molecule has 0 radical (unpaired) electrons. The van der Waals surface area contributed by atoms with Crippen LogP contribution in [-0.2, 0) is 0 Å². The van der Waals surface area contributed by atoms with Gasteiger partial charge < -0.3 is 9.63 Å². The monoisotopic (exact) mass is 250 g/mol. The number of aromatic hydroxyl groups is 1. The van der Waals surface area contributed by atoms with E-state index < -0.39 is 0 Å². The van der Waals surface area contributed by atoms with Crippen LogP contribution in [0.2, 0.25) is 0 Å². The Balaban J connectivity index is 2.20. The van der Waals surface area contributed by atoms with E-state index >= 15 is 0 Å². The minimum Gasteiger partial charge on any atom is -0.508 e. The summed E-state index contributed by atoms with van der Waals surface area (Å²) in [5.41, 5.74) is 0.842. The molecule has 1 aromatic carbocycles. The van der Waals surface area contributed by atoms with Crippen molar-refractivity contribution in [2.75, 3.05) is 12.0 Å². The molecule has 0 spiro atoms. The van der Waals surface area contributed by atoms with Crippen LogP contribution < -0.4 is 0 Å². The molecule has 0 saturated carbocycles. The fourth-order valence-corrected chi connectivity index (χ4v) is 2.13. The quantitative estimate of drug-likeness (QED) is 0.904. The fourth-order valence-electron chi connectivity index (χ4n) is 1.48. The second-order valence-electron chi connectivity index (χ2n) is 3.86. The Hall–Kier alpha value is -1.49. The second kappa shape index (κ2) is 5.23. The van der Waals surface area contributed by atoms with E-state index in [0.29, 0.717) is 11.7 Å². The first-order chi connectivity index (χ1) is 8.20. The molecule has 1 atom stereocenters. The van der Waals surface area contributed by atoms with Gasteiger partial charge in [-0.2, -0.15) is 16.7 Å². The fraction of sp³-hybridized carbons (Fsp3) is 0.333. The zero-order valence-corrected chi connectivity index (χ0v) is 10.6. The molecule has 1 unspecified atom stereocenters. The summed E-state index contributed by atoms with van der Waals surface area (Å²) in [6.45, 7) is 2.06. The van der Waals surface area contributed by atoms with Gasteiger partial charge in [0.15, 0.2) is 0 Å². The van der Waals surface area contributed by atoms with Crippen LogP contribution in [0.15, 0.2) is 28.8 Å². The van der Waals surface area contributed by atoms with Crippen molar-refractivity contribution in [2.24, 2.45) is 0 Å². The van der Waals surface area contributed by atoms with Crippen LogP contribution >= 0.6 is 11.8 Å². The predicted octanol–water partition coefficient (Wildman–Crippen LogP) is 2.91. The Kier molecular flexibility index (Phi) is 3.68. The van der Waals surface area contributed by atoms with Crippen LogP contribution in [0.1, 0.15) is 18.7 Å². The molecule has 0 aliphatic heterocycles. The average Bonchev–Trinajstić information content (AvgIpc) is 2.80. The standard InChI is InChI=1S/C12H14N2O2S/c1-8(7-17-2)12-13-11(14-16-12)9-3-5-10(15)6-4-9/h3-6,8,15H,7H2,1-2H3. The number of benzene rings is 1. The minimum absolute atomic E-state index is 0.230. The van der Waals surface area contributed by atoms with Gasteiger partial charge in [-0.25, -0.2) is 0 Å². The maximum absolute atomic E-state index is 9.20. The zero-order chi connectivity index (χ0) is 12.3. The summed E-state index contributed by atoms with van der Waals surface area (Å²) >= 11 is 1.75. The molecule has 1 aromatic heterocycles. The molecule has 17 heavy (non-hydrogen) atoms. The van der Waals surface area contributed by atoms with Gasteiger partial charge in [-0.3, -0.25) is 0 Å². The third-order valence-electron chi connectivity index (χ3n) is 2.41. The Morgan fingerprint density at radius 2 is 2.06 bits per heavy atom. The summed E-state index contributed by atoms with van der Waals surface area (Å²) in [5.74, 6) is 2.66. The molecule has 1 N–H and O–H groups in total. The maximum atomic E-state index is 9.20. The lowest BCUT2D eigenvalue weighted by Crippen LogP contribution is -1.96. The van der Waals surface area contributed by atoms with E-state index in [0.717, 1.165) is 11.3 Å². The summed E-state index contributed by atoms with van der Waals surface area (Å²) in [5, 5.41) is 13.1. The second-order valence-corrected chi connectivity index (χ2v) is 4.77. The normalized spacial score (nSPS) is 12.6. The Bertz CT molecular complexity index is 482. The van der Waals surface area contributed by atoms with Crippen LogP contribution in [0.5, 0.6) is 5.75 Å². The lowest BCUT2D eigenvalue weighted by molar-refractivity contribution is 0.367. The van der Waals surface area contributed by atoms with E-state index in [-0.39, 0.29) is 11.7 Å². The van der Waals surface area contributed by atoms with Crippen molar-refractivity contribution in [3.63, 3.8) is 0 Å². The van der Waals surface area contributed by atoms with Crippen molar-refractivity contribution in [3.05, 3.63) is 30.2 Å². The largest absolute Gasteiger partial charge is 0.508 e. The first-order valence-electron chi connectivity index (χ1n) is 5.32. The van der Waals surface area contributed by atoms with Crippen molar-refractivity contribution in [3.8, 4) is 17.1 Å².